The van der Waals surface area contributed by atoms with Crippen LogP contribution < -0.4 is 22.1 Å². The topological polar surface area (TPSA) is 140 Å². The Bertz CT molecular complexity index is 1140. The van der Waals surface area contributed by atoms with Crippen LogP contribution in [-0.2, 0) is 27.3 Å². The van der Waals surface area contributed by atoms with Gasteiger partial charge in [-0.25, -0.2) is 0 Å². The fraction of sp³-hybridized carbons (Fsp3) is 0.241. The third-order valence-corrected chi connectivity index (χ3v) is 5.93. The van der Waals surface area contributed by atoms with Gasteiger partial charge in [0.1, 0.15) is 6.29 Å². The van der Waals surface area contributed by atoms with Crippen molar-refractivity contribution in [1.82, 2.24) is 10.6 Å². The van der Waals surface area contributed by atoms with Crippen molar-refractivity contribution >= 4 is 24.1 Å². The van der Waals surface area contributed by atoms with E-state index < -0.39 is 23.8 Å². The fourth-order valence-corrected chi connectivity index (χ4v) is 4.03. The van der Waals surface area contributed by atoms with Gasteiger partial charge in [0, 0.05) is 19.5 Å². The maximum atomic E-state index is 13.4. The van der Waals surface area contributed by atoms with Gasteiger partial charge in [-0.05, 0) is 35.1 Å². The number of carbonyl (C=O) groups is 3. The summed E-state index contributed by atoms with van der Waals surface area (Å²) in [5, 5.41) is 5.88. The Hall–Kier alpha value is -4.30. The monoisotopic (exact) mass is 499 g/mol. The van der Waals surface area contributed by atoms with Gasteiger partial charge >= 0.3 is 0 Å². The molecule has 0 unspecified atom stereocenters. The largest absolute Gasteiger partial charge is 0.370 e. The first kappa shape index (κ1) is 27.3. The quantitative estimate of drug-likeness (QED) is 0.123. The normalized spacial score (nSPS) is 11.5. The second kappa shape index (κ2) is 14.3. The number of amides is 2. The number of hydrogen-bond acceptors (Lipinski definition) is 5. The smallest absolute Gasteiger partial charge is 0.243 e. The van der Waals surface area contributed by atoms with Gasteiger partial charge in [-0.2, -0.15) is 0 Å². The molecule has 1 atom stereocenters. The summed E-state index contributed by atoms with van der Waals surface area (Å²) in [6, 6.07) is 25.7. The Morgan fingerprint density at radius 3 is 1.92 bits per heavy atom. The third kappa shape index (κ3) is 8.70. The lowest BCUT2D eigenvalue weighted by molar-refractivity contribution is -0.132. The first-order chi connectivity index (χ1) is 18.0. The van der Waals surface area contributed by atoms with Gasteiger partial charge in [-0.3, -0.25) is 19.9 Å². The van der Waals surface area contributed by atoms with E-state index in [4.69, 9.17) is 11.5 Å². The molecule has 0 saturated carbocycles. The van der Waals surface area contributed by atoms with Crippen molar-refractivity contribution in [3.05, 3.63) is 107 Å². The SMILES string of the molecule is NC(N)=NCCC[C@H](NCc1ccc(CC=O)cc1)C(=O)NC(=O)C(c1ccccc1)c1ccccc1. The molecule has 37 heavy (non-hydrogen) atoms. The Morgan fingerprint density at radius 1 is 0.811 bits per heavy atom. The van der Waals surface area contributed by atoms with Gasteiger partial charge < -0.3 is 21.6 Å². The molecule has 8 nitrogen and oxygen atoms in total. The van der Waals surface area contributed by atoms with Gasteiger partial charge in [-0.1, -0.05) is 84.9 Å². The van der Waals surface area contributed by atoms with E-state index in [1.165, 1.54) is 0 Å². The van der Waals surface area contributed by atoms with E-state index in [1.54, 1.807) is 0 Å². The first-order valence-electron chi connectivity index (χ1n) is 12.2. The predicted molar refractivity (Wildman–Crippen MR) is 145 cm³/mol. The Kier molecular flexibility index (Phi) is 10.6. The average molecular weight is 500 g/mol. The average Bonchev–Trinajstić information content (AvgIpc) is 2.90. The molecule has 192 valence electrons. The number of aliphatic imine (C=N–C) groups is 1. The van der Waals surface area contributed by atoms with Crippen LogP contribution in [0.2, 0.25) is 0 Å². The number of nitrogens with zero attached hydrogens (tertiary/aromatic N) is 1. The number of benzene rings is 3. The lowest BCUT2D eigenvalue weighted by Crippen LogP contribution is -2.47. The van der Waals surface area contributed by atoms with Crippen LogP contribution in [0.1, 0.15) is 41.0 Å². The molecule has 3 aromatic rings. The molecule has 0 saturated heterocycles. The molecular formula is C29H33N5O3. The zero-order valence-corrected chi connectivity index (χ0v) is 20.7. The molecule has 0 aliphatic rings. The van der Waals surface area contributed by atoms with E-state index in [9.17, 15) is 14.4 Å². The highest BCUT2D eigenvalue weighted by molar-refractivity contribution is 6.01. The van der Waals surface area contributed by atoms with Gasteiger partial charge in [0.25, 0.3) is 0 Å². The highest BCUT2D eigenvalue weighted by atomic mass is 16.2. The summed E-state index contributed by atoms with van der Waals surface area (Å²) in [6.07, 6.45) is 2.20. The van der Waals surface area contributed by atoms with E-state index in [0.717, 1.165) is 28.5 Å². The van der Waals surface area contributed by atoms with Gasteiger partial charge in [0.15, 0.2) is 5.96 Å². The first-order valence-corrected chi connectivity index (χ1v) is 12.2. The molecule has 0 radical (unpaired) electrons. The third-order valence-electron chi connectivity index (χ3n) is 5.93. The van der Waals surface area contributed by atoms with E-state index in [0.29, 0.717) is 32.4 Å². The number of nitrogens with one attached hydrogen (secondary N) is 2. The zero-order valence-electron chi connectivity index (χ0n) is 20.7. The van der Waals surface area contributed by atoms with Crippen molar-refractivity contribution in [2.45, 2.75) is 37.8 Å². The molecule has 6 N–H and O–H groups in total. The molecule has 3 rings (SSSR count). The minimum Gasteiger partial charge on any atom is -0.370 e. The van der Waals surface area contributed by atoms with Gasteiger partial charge in [0.05, 0.1) is 12.0 Å². The lowest BCUT2D eigenvalue weighted by Gasteiger charge is -2.21. The number of imide groups is 1. The standard InChI is InChI=1S/C29H33N5O3/c30-29(31)32-18-7-12-25(33-20-22-15-13-21(14-16-22)17-19-35)27(36)34-28(37)26(23-8-3-1-4-9-23)24-10-5-2-6-11-24/h1-6,8-11,13-16,19,25-26,33H,7,12,17-18,20H2,(H4,30,31,32)(H,34,36,37)/t25-/m0/s1. The minimum absolute atomic E-state index is 0.00637. The molecule has 0 heterocycles. The molecule has 0 aliphatic carbocycles. The van der Waals surface area contributed by atoms with Crippen molar-refractivity contribution in [1.29, 1.82) is 0 Å². The number of rotatable bonds is 13. The summed E-state index contributed by atoms with van der Waals surface area (Å²) in [5.41, 5.74) is 14.3. The summed E-state index contributed by atoms with van der Waals surface area (Å²) in [7, 11) is 0. The molecule has 3 aromatic carbocycles. The number of aldehydes is 1. The highest BCUT2D eigenvalue weighted by Crippen LogP contribution is 2.24. The molecular weight excluding hydrogens is 466 g/mol. The summed E-state index contributed by atoms with van der Waals surface area (Å²) >= 11 is 0. The molecule has 2 amide bonds. The van der Waals surface area contributed by atoms with Crippen LogP contribution in [0.15, 0.2) is 89.9 Å². The van der Waals surface area contributed by atoms with E-state index in [-0.39, 0.29) is 5.96 Å². The Morgan fingerprint density at radius 2 is 1.38 bits per heavy atom. The van der Waals surface area contributed by atoms with Crippen LogP contribution in [0.25, 0.3) is 0 Å². The van der Waals surface area contributed by atoms with Crippen LogP contribution in [-0.4, -0.2) is 36.6 Å². The van der Waals surface area contributed by atoms with Crippen molar-refractivity contribution in [2.75, 3.05) is 6.54 Å². The molecule has 0 aliphatic heterocycles. The van der Waals surface area contributed by atoms with Gasteiger partial charge in [-0.15, -0.1) is 0 Å². The molecule has 0 aromatic heterocycles. The second-order valence-corrected chi connectivity index (χ2v) is 8.68. The maximum absolute atomic E-state index is 13.4. The number of hydrogen-bond donors (Lipinski definition) is 4. The van der Waals surface area contributed by atoms with Crippen LogP contribution in [0.5, 0.6) is 0 Å². The van der Waals surface area contributed by atoms with Crippen LogP contribution in [0.4, 0.5) is 0 Å². The minimum atomic E-state index is -0.639. The summed E-state index contributed by atoms with van der Waals surface area (Å²) < 4.78 is 0. The van der Waals surface area contributed by atoms with Crippen LogP contribution in [0.3, 0.4) is 0 Å². The second-order valence-electron chi connectivity index (χ2n) is 8.68. The molecule has 0 fully saturated rings. The summed E-state index contributed by atoms with van der Waals surface area (Å²) in [4.78, 5) is 41.4. The van der Waals surface area contributed by atoms with Gasteiger partial charge in [0.2, 0.25) is 11.8 Å². The van der Waals surface area contributed by atoms with E-state index in [1.807, 2.05) is 84.9 Å². The molecule has 8 heteroatoms. The van der Waals surface area contributed by atoms with Crippen molar-refractivity contribution in [2.24, 2.45) is 16.5 Å². The lowest BCUT2D eigenvalue weighted by atomic mass is 9.90. The highest BCUT2D eigenvalue weighted by Gasteiger charge is 2.27. The Labute approximate surface area is 217 Å². The summed E-state index contributed by atoms with van der Waals surface area (Å²) in [6.45, 7) is 0.787. The van der Waals surface area contributed by atoms with Crippen molar-refractivity contribution in [3.63, 3.8) is 0 Å². The van der Waals surface area contributed by atoms with E-state index >= 15 is 0 Å². The number of carbonyl (C=O) groups excluding carboxylic acids is 3. The van der Waals surface area contributed by atoms with Crippen LogP contribution in [0, 0.1) is 0 Å². The van der Waals surface area contributed by atoms with Crippen molar-refractivity contribution in [3.8, 4) is 0 Å². The number of guanidine groups is 1. The molecule has 0 bridgehead atoms. The summed E-state index contributed by atoms with van der Waals surface area (Å²) in [5.74, 6) is -1.44. The maximum Gasteiger partial charge on any atom is 0.243 e. The number of nitrogens with two attached hydrogens (primary N) is 2. The fourth-order valence-electron chi connectivity index (χ4n) is 4.03. The van der Waals surface area contributed by atoms with Crippen molar-refractivity contribution < 1.29 is 14.4 Å². The van der Waals surface area contributed by atoms with Crippen LogP contribution >= 0.6 is 0 Å². The predicted octanol–water partition coefficient (Wildman–Crippen LogP) is 2.41. The molecule has 0 spiro atoms. The van der Waals surface area contributed by atoms with E-state index in [2.05, 4.69) is 15.6 Å². The zero-order chi connectivity index (χ0) is 26.5. The Balaban J connectivity index is 1.73.